The van der Waals surface area contributed by atoms with Gasteiger partial charge in [-0.05, 0) is 32.4 Å². The lowest BCUT2D eigenvalue weighted by Crippen LogP contribution is -2.12. The standard InChI is InChI=1S/C12H15ClN2O2/c1-7(2)15-10(9(13)6-14-15)11(16)12-8(3)4-5-17-12/h4-7,11,16H,1-3H3. The van der Waals surface area contributed by atoms with Crippen molar-refractivity contribution in [3.05, 3.63) is 40.6 Å². The van der Waals surface area contributed by atoms with Gasteiger partial charge in [-0.3, -0.25) is 4.68 Å². The molecule has 1 atom stereocenters. The van der Waals surface area contributed by atoms with Crippen LogP contribution in [0, 0.1) is 6.92 Å². The molecule has 0 spiro atoms. The number of hydrogen-bond acceptors (Lipinski definition) is 3. The molecule has 0 aliphatic rings. The largest absolute Gasteiger partial charge is 0.466 e. The van der Waals surface area contributed by atoms with Gasteiger partial charge in [-0.15, -0.1) is 0 Å². The van der Waals surface area contributed by atoms with E-state index in [0.29, 0.717) is 16.5 Å². The summed E-state index contributed by atoms with van der Waals surface area (Å²) >= 11 is 6.07. The molecule has 0 radical (unpaired) electrons. The number of nitrogens with zero attached hydrogens (tertiary/aromatic N) is 2. The van der Waals surface area contributed by atoms with Crippen LogP contribution in [0.4, 0.5) is 0 Å². The maximum absolute atomic E-state index is 10.3. The first-order chi connectivity index (χ1) is 8.02. The van der Waals surface area contributed by atoms with Gasteiger partial charge in [0, 0.05) is 6.04 Å². The third-order valence-corrected chi connectivity index (χ3v) is 2.98. The topological polar surface area (TPSA) is 51.2 Å². The highest BCUT2D eigenvalue weighted by molar-refractivity contribution is 6.31. The van der Waals surface area contributed by atoms with Crippen LogP contribution < -0.4 is 0 Å². The molecule has 0 aliphatic heterocycles. The van der Waals surface area contributed by atoms with E-state index in [0.717, 1.165) is 5.56 Å². The summed E-state index contributed by atoms with van der Waals surface area (Å²) in [5.74, 6) is 0.509. The Morgan fingerprint density at radius 1 is 1.47 bits per heavy atom. The minimum Gasteiger partial charge on any atom is -0.466 e. The summed E-state index contributed by atoms with van der Waals surface area (Å²) < 4.78 is 6.99. The van der Waals surface area contributed by atoms with Crippen molar-refractivity contribution in [1.82, 2.24) is 9.78 Å². The molecule has 2 rings (SSSR count). The van der Waals surface area contributed by atoms with Gasteiger partial charge >= 0.3 is 0 Å². The zero-order chi connectivity index (χ0) is 12.6. The minimum absolute atomic E-state index is 0.127. The van der Waals surface area contributed by atoms with Gasteiger partial charge in [0.2, 0.25) is 0 Å². The van der Waals surface area contributed by atoms with Crippen molar-refractivity contribution in [2.24, 2.45) is 0 Å². The SMILES string of the molecule is Cc1ccoc1C(O)c1c(Cl)cnn1C(C)C. The number of aliphatic hydroxyl groups excluding tert-OH is 1. The van der Waals surface area contributed by atoms with Crippen LogP contribution in [0.5, 0.6) is 0 Å². The maximum Gasteiger partial charge on any atom is 0.155 e. The quantitative estimate of drug-likeness (QED) is 0.916. The molecular weight excluding hydrogens is 240 g/mol. The number of aromatic nitrogens is 2. The van der Waals surface area contributed by atoms with Gasteiger partial charge in [0.15, 0.2) is 6.10 Å². The summed E-state index contributed by atoms with van der Waals surface area (Å²) in [4.78, 5) is 0. The second kappa shape index (κ2) is 4.55. The highest BCUT2D eigenvalue weighted by atomic mass is 35.5. The van der Waals surface area contributed by atoms with E-state index in [1.807, 2.05) is 26.8 Å². The fraction of sp³-hybridized carbons (Fsp3) is 0.417. The van der Waals surface area contributed by atoms with E-state index in [1.54, 1.807) is 17.1 Å². The van der Waals surface area contributed by atoms with Crippen LogP contribution in [0.3, 0.4) is 0 Å². The van der Waals surface area contributed by atoms with Crippen molar-refractivity contribution in [2.75, 3.05) is 0 Å². The molecule has 0 amide bonds. The fourth-order valence-corrected chi connectivity index (χ4v) is 2.04. The molecule has 0 aromatic carbocycles. The lowest BCUT2D eigenvalue weighted by molar-refractivity contribution is 0.175. The van der Waals surface area contributed by atoms with Gasteiger partial charge in [0.05, 0.1) is 23.2 Å². The van der Waals surface area contributed by atoms with E-state index in [4.69, 9.17) is 16.0 Å². The van der Waals surface area contributed by atoms with Gasteiger partial charge in [0.25, 0.3) is 0 Å². The molecule has 0 fully saturated rings. The van der Waals surface area contributed by atoms with Gasteiger partial charge in [-0.1, -0.05) is 11.6 Å². The lowest BCUT2D eigenvalue weighted by Gasteiger charge is -2.15. The van der Waals surface area contributed by atoms with Gasteiger partial charge in [-0.25, -0.2) is 0 Å². The summed E-state index contributed by atoms with van der Waals surface area (Å²) in [5, 5.41) is 14.9. The van der Waals surface area contributed by atoms with Crippen LogP contribution in [0.1, 0.15) is 43.0 Å². The summed E-state index contributed by atoms with van der Waals surface area (Å²) in [6, 6.07) is 1.94. The Morgan fingerprint density at radius 2 is 2.18 bits per heavy atom. The van der Waals surface area contributed by atoms with Crippen LogP contribution in [-0.2, 0) is 0 Å². The Hall–Kier alpha value is -1.26. The molecule has 4 nitrogen and oxygen atoms in total. The molecule has 0 bridgehead atoms. The number of hydrogen-bond donors (Lipinski definition) is 1. The number of aryl methyl sites for hydroxylation is 1. The zero-order valence-corrected chi connectivity index (χ0v) is 10.8. The molecule has 2 aromatic heterocycles. The smallest absolute Gasteiger partial charge is 0.155 e. The number of halogens is 1. The van der Waals surface area contributed by atoms with Gasteiger partial charge < -0.3 is 9.52 Å². The normalized spacial score (nSPS) is 13.3. The van der Waals surface area contributed by atoms with E-state index in [1.165, 1.54) is 0 Å². The van der Waals surface area contributed by atoms with Crippen molar-refractivity contribution < 1.29 is 9.52 Å². The first kappa shape index (κ1) is 12.2. The summed E-state index contributed by atoms with van der Waals surface area (Å²) in [6.45, 7) is 5.84. The average molecular weight is 255 g/mol. The second-order valence-electron chi connectivity index (χ2n) is 4.29. The Morgan fingerprint density at radius 3 is 2.71 bits per heavy atom. The van der Waals surface area contributed by atoms with Crippen LogP contribution in [0.2, 0.25) is 5.02 Å². The van der Waals surface area contributed by atoms with Crippen molar-refractivity contribution in [1.29, 1.82) is 0 Å². The molecule has 5 heteroatoms. The molecule has 0 saturated heterocycles. The molecule has 0 saturated carbocycles. The Kier molecular flexibility index (Phi) is 3.26. The van der Waals surface area contributed by atoms with E-state index in [-0.39, 0.29) is 6.04 Å². The van der Waals surface area contributed by atoms with Crippen LogP contribution in [0.25, 0.3) is 0 Å². The molecule has 92 valence electrons. The molecule has 1 unspecified atom stereocenters. The molecular formula is C12H15ClN2O2. The number of rotatable bonds is 3. The second-order valence-corrected chi connectivity index (χ2v) is 4.69. The number of aliphatic hydroxyl groups is 1. The van der Waals surface area contributed by atoms with Crippen molar-refractivity contribution in [3.8, 4) is 0 Å². The van der Waals surface area contributed by atoms with Crippen LogP contribution >= 0.6 is 11.6 Å². The Bertz CT molecular complexity index is 516. The average Bonchev–Trinajstić information content (AvgIpc) is 2.83. The third-order valence-electron chi connectivity index (χ3n) is 2.69. The molecule has 17 heavy (non-hydrogen) atoms. The van der Waals surface area contributed by atoms with Crippen molar-refractivity contribution >= 4 is 11.6 Å². The van der Waals surface area contributed by atoms with E-state index < -0.39 is 6.10 Å². The highest BCUT2D eigenvalue weighted by Crippen LogP contribution is 2.31. The van der Waals surface area contributed by atoms with E-state index >= 15 is 0 Å². The molecule has 1 N–H and O–H groups in total. The lowest BCUT2D eigenvalue weighted by atomic mass is 10.1. The molecule has 0 aliphatic carbocycles. The first-order valence-corrected chi connectivity index (χ1v) is 5.85. The summed E-state index contributed by atoms with van der Waals surface area (Å²) in [5.41, 5.74) is 1.46. The summed E-state index contributed by atoms with van der Waals surface area (Å²) in [6.07, 6.45) is 2.21. The first-order valence-electron chi connectivity index (χ1n) is 5.47. The predicted molar refractivity (Wildman–Crippen MR) is 65.1 cm³/mol. The fourth-order valence-electron chi connectivity index (χ4n) is 1.81. The molecule has 2 aromatic rings. The predicted octanol–water partition coefficient (Wildman–Crippen LogP) is 3.10. The Balaban J connectivity index is 2.47. The van der Waals surface area contributed by atoms with Crippen molar-refractivity contribution in [3.63, 3.8) is 0 Å². The van der Waals surface area contributed by atoms with Gasteiger partial charge in [0.1, 0.15) is 5.76 Å². The highest BCUT2D eigenvalue weighted by Gasteiger charge is 2.24. The minimum atomic E-state index is -0.887. The monoisotopic (exact) mass is 254 g/mol. The number of furan rings is 1. The van der Waals surface area contributed by atoms with E-state index in [2.05, 4.69) is 5.10 Å². The summed E-state index contributed by atoms with van der Waals surface area (Å²) in [7, 11) is 0. The van der Waals surface area contributed by atoms with Crippen LogP contribution in [0.15, 0.2) is 22.9 Å². The van der Waals surface area contributed by atoms with Gasteiger partial charge in [-0.2, -0.15) is 5.10 Å². The third kappa shape index (κ3) is 2.10. The zero-order valence-electron chi connectivity index (χ0n) is 10.0. The molecule has 2 heterocycles. The van der Waals surface area contributed by atoms with Crippen molar-refractivity contribution in [2.45, 2.75) is 32.9 Å². The maximum atomic E-state index is 10.3. The van der Waals surface area contributed by atoms with Crippen LogP contribution in [-0.4, -0.2) is 14.9 Å². The Labute approximate surface area is 105 Å². The van der Waals surface area contributed by atoms with E-state index in [9.17, 15) is 5.11 Å².